The third-order valence-electron chi connectivity index (χ3n) is 4.64. The highest BCUT2D eigenvalue weighted by Crippen LogP contribution is 2.37. The second kappa shape index (κ2) is 7.89. The van der Waals surface area contributed by atoms with Crippen LogP contribution in [0.3, 0.4) is 0 Å². The zero-order valence-corrected chi connectivity index (χ0v) is 16.7. The lowest BCUT2D eigenvalue weighted by atomic mass is 10.0. The van der Waals surface area contributed by atoms with Gasteiger partial charge in [-0.15, -0.1) is 11.8 Å². The maximum atomic E-state index is 12.4. The van der Waals surface area contributed by atoms with Crippen molar-refractivity contribution in [1.29, 1.82) is 0 Å². The number of thioether (sulfide) groups is 1. The fourth-order valence-electron chi connectivity index (χ4n) is 3.30. The number of ether oxygens (including phenoxy) is 1. The van der Waals surface area contributed by atoms with Gasteiger partial charge in [0, 0.05) is 33.2 Å². The number of nitrogens with one attached hydrogen (secondary N) is 1. The molecule has 0 fully saturated rings. The van der Waals surface area contributed by atoms with Gasteiger partial charge in [0.25, 0.3) is 5.91 Å². The van der Waals surface area contributed by atoms with Crippen LogP contribution in [0.4, 0.5) is 0 Å². The van der Waals surface area contributed by atoms with Crippen molar-refractivity contribution in [2.45, 2.75) is 24.3 Å². The Labute approximate surface area is 171 Å². The Bertz CT molecular complexity index is 1110. The van der Waals surface area contributed by atoms with E-state index < -0.39 is 5.63 Å². The van der Waals surface area contributed by atoms with Gasteiger partial charge in [-0.1, -0.05) is 11.6 Å². The molecule has 1 unspecified atom stereocenters. The molecule has 3 aromatic rings. The first kappa shape index (κ1) is 18.9. The van der Waals surface area contributed by atoms with Crippen LogP contribution in [0.2, 0.25) is 5.02 Å². The van der Waals surface area contributed by atoms with Crippen LogP contribution in [0.1, 0.15) is 23.6 Å². The van der Waals surface area contributed by atoms with Gasteiger partial charge in [-0.05, 0) is 54.8 Å². The van der Waals surface area contributed by atoms with Crippen molar-refractivity contribution in [1.82, 2.24) is 5.32 Å². The van der Waals surface area contributed by atoms with E-state index in [1.54, 1.807) is 23.9 Å². The summed E-state index contributed by atoms with van der Waals surface area (Å²) in [6.07, 6.45) is 0.837. The smallest absolute Gasteiger partial charge is 0.336 e. The molecule has 7 heteroatoms. The largest absolute Gasteiger partial charge is 0.484 e. The summed E-state index contributed by atoms with van der Waals surface area (Å²) < 4.78 is 10.8. The molecular weight excluding hydrogens is 398 g/mol. The average molecular weight is 416 g/mol. The number of benzene rings is 2. The van der Waals surface area contributed by atoms with Crippen molar-refractivity contribution in [2.24, 2.45) is 0 Å². The molecule has 1 N–H and O–H groups in total. The van der Waals surface area contributed by atoms with Gasteiger partial charge in [-0.2, -0.15) is 0 Å². The van der Waals surface area contributed by atoms with Gasteiger partial charge >= 0.3 is 5.63 Å². The minimum atomic E-state index is -0.410. The molecule has 2 heterocycles. The molecule has 4 rings (SSSR count). The van der Waals surface area contributed by atoms with Crippen molar-refractivity contribution < 1.29 is 13.9 Å². The highest BCUT2D eigenvalue weighted by Gasteiger charge is 2.22. The Kier molecular flexibility index (Phi) is 5.33. The van der Waals surface area contributed by atoms with Crippen molar-refractivity contribution in [2.75, 3.05) is 12.4 Å². The summed E-state index contributed by atoms with van der Waals surface area (Å²) in [7, 11) is 0. The number of halogens is 1. The van der Waals surface area contributed by atoms with E-state index in [9.17, 15) is 9.59 Å². The summed E-state index contributed by atoms with van der Waals surface area (Å²) in [5.41, 5.74) is 1.91. The van der Waals surface area contributed by atoms with Gasteiger partial charge < -0.3 is 14.5 Å². The van der Waals surface area contributed by atoms with E-state index in [1.807, 2.05) is 31.2 Å². The molecule has 1 aromatic heterocycles. The molecule has 28 heavy (non-hydrogen) atoms. The van der Waals surface area contributed by atoms with Crippen LogP contribution in [-0.4, -0.2) is 18.3 Å². The highest BCUT2D eigenvalue weighted by atomic mass is 35.5. The number of fused-ring (bicyclic) bond motifs is 2. The molecule has 1 amide bonds. The topological polar surface area (TPSA) is 68.5 Å². The average Bonchev–Trinajstić information content (AvgIpc) is 2.66. The van der Waals surface area contributed by atoms with E-state index in [2.05, 4.69) is 5.32 Å². The SMILES string of the molecule is Cc1cc(=O)oc2cc(OCC(=O)NC3CCSc4ccc(Cl)cc43)ccc12. The van der Waals surface area contributed by atoms with E-state index in [-0.39, 0.29) is 18.6 Å². The first-order valence-corrected chi connectivity index (χ1v) is 10.2. The minimum Gasteiger partial charge on any atom is -0.484 e. The number of aryl methyl sites for hydroxylation is 1. The molecule has 0 radical (unpaired) electrons. The van der Waals surface area contributed by atoms with Crippen LogP contribution < -0.4 is 15.7 Å². The van der Waals surface area contributed by atoms with Crippen molar-refractivity contribution in [3.05, 3.63) is 69.0 Å². The minimum absolute atomic E-state index is 0.0803. The van der Waals surface area contributed by atoms with E-state index in [0.29, 0.717) is 16.4 Å². The molecule has 0 saturated heterocycles. The third kappa shape index (κ3) is 4.03. The van der Waals surface area contributed by atoms with E-state index in [0.717, 1.165) is 33.6 Å². The fraction of sp³-hybridized carbons (Fsp3) is 0.238. The number of hydrogen-bond acceptors (Lipinski definition) is 5. The van der Waals surface area contributed by atoms with Gasteiger partial charge in [0.1, 0.15) is 11.3 Å². The zero-order chi connectivity index (χ0) is 19.7. The Morgan fingerprint density at radius 2 is 2.14 bits per heavy atom. The zero-order valence-electron chi connectivity index (χ0n) is 15.2. The molecule has 1 aliphatic rings. The molecule has 1 atom stereocenters. The number of amides is 1. The van der Waals surface area contributed by atoms with Gasteiger partial charge in [-0.25, -0.2) is 4.79 Å². The highest BCUT2D eigenvalue weighted by molar-refractivity contribution is 7.99. The summed E-state index contributed by atoms with van der Waals surface area (Å²) >= 11 is 7.88. The van der Waals surface area contributed by atoms with Crippen molar-refractivity contribution in [3.8, 4) is 5.75 Å². The monoisotopic (exact) mass is 415 g/mol. The maximum Gasteiger partial charge on any atom is 0.336 e. The van der Waals surface area contributed by atoms with Crippen molar-refractivity contribution >= 4 is 40.2 Å². The van der Waals surface area contributed by atoms with Gasteiger partial charge in [0.15, 0.2) is 6.61 Å². The summed E-state index contributed by atoms with van der Waals surface area (Å²) in [4.78, 5) is 25.1. The number of carbonyl (C=O) groups is 1. The van der Waals surface area contributed by atoms with Gasteiger partial charge in [0.2, 0.25) is 0 Å². The predicted octanol–water partition coefficient (Wildman–Crippen LogP) is 4.49. The first-order chi connectivity index (χ1) is 13.5. The van der Waals surface area contributed by atoms with Crippen LogP contribution in [0.5, 0.6) is 5.75 Å². The van der Waals surface area contributed by atoms with Crippen LogP contribution in [-0.2, 0) is 4.79 Å². The lowest BCUT2D eigenvalue weighted by Gasteiger charge is -2.26. The molecule has 0 aliphatic carbocycles. The Hall–Kier alpha value is -2.44. The van der Waals surface area contributed by atoms with Crippen molar-refractivity contribution in [3.63, 3.8) is 0 Å². The Morgan fingerprint density at radius 3 is 3.00 bits per heavy atom. The molecule has 5 nitrogen and oxygen atoms in total. The lowest BCUT2D eigenvalue weighted by Crippen LogP contribution is -2.34. The van der Waals surface area contributed by atoms with Gasteiger partial charge in [0.05, 0.1) is 6.04 Å². The van der Waals surface area contributed by atoms with E-state index >= 15 is 0 Å². The van der Waals surface area contributed by atoms with Crippen LogP contribution in [0, 0.1) is 6.92 Å². The number of carbonyl (C=O) groups excluding carboxylic acids is 1. The summed E-state index contributed by atoms with van der Waals surface area (Å²) in [5, 5.41) is 4.51. The summed E-state index contributed by atoms with van der Waals surface area (Å²) in [6.45, 7) is 1.72. The first-order valence-electron chi connectivity index (χ1n) is 8.88. The van der Waals surface area contributed by atoms with Crippen LogP contribution >= 0.6 is 23.4 Å². The van der Waals surface area contributed by atoms with Crippen LogP contribution in [0.25, 0.3) is 11.0 Å². The summed E-state index contributed by atoms with van der Waals surface area (Å²) in [6, 6.07) is 12.3. The predicted molar refractivity (Wildman–Crippen MR) is 110 cm³/mol. The molecule has 0 saturated carbocycles. The number of rotatable bonds is 4. The molecule has 2 aromatic carbocycles. The molecule has 1 aliphatic heterocycles. The quantitative estimate of drug-likeness (QED) is 0.636. The van der Waals surface area contributed by atoms with Crippen LogP contribution in [0.15, 0.2) is 56.6 Å². The van der Waals surface area contributed by atoms with E-state index in [1.165, 1.54) is 6.07 Å². The third-order valence-corrected chi connectivity index (χ3v) is 6.00. The second-order valence-electron chi connectivity index (χ2n) is 6.63. The fourth-order valence-corrected chi connectivity index (χ4v) is 4.58. The Morgan fingerprint density at radius 1 is 1.29 bits per heavy atom. The molecule has 144 valence electrons. The Balaban J connectivity index is 1.44. The van der Waals surface area contributed by atoms with E-state index in [4.69, 9.17) is 20.8 Å². The molecule has 0 spiro atoms. The summed E-state index contributed by atoms with van der Waals surface area (Å²) in [5.74, 6) is 1.19. The molecular formula is C21H18ClNO4S. The second-order valence-corrected chi connectivity index (χ2v) is 8.21. The standard InChI is InChI=1S/C21H18ClNO4S/c1-12-8-21(25)27-18-10-14(3-4-15(12)18)26-11-20(24)23-17-6-7-28-19-5-2-13(22)9-16(17)19/h2-5,8-10,17H,6-7,11H2,1H3,(H,23,24). The van der Waals surface area contributed by atoms with Gasteiger partial charge in [-0.3, -0.25) is 4.79 Å². The normalized spacial score (nSPS) is 15.9. The number of hydrogen-bond donors (Lipinski definition) is 1. The lowest BCUT2D eigenvalue weighted by molar-refractivity contribution is -0.123. The molecule has 0 bridgehead atoms. The maximum absolute atomic E-state index is 12.4.